The van der Waals surface area contributed by atoms with E-state index >= 15 is 0 Å². The Balaban J connectivity index is 2.55. The number of H-pyrrole nitrogens is 1. The van der Waals surface area contributed by atoms with Gasteiger partial charge in [-0.1, -0.05) is 39.0 Å². The number of aromatic amines is 1. The Hall–Kier alpha value is -1.24. The van der Waals surface area contributed by atoms with Gasteiger partial charge in [0.1, 0.15) is 0 Å². The van der Waals surface area contributed by atoms with E-state index in [9.17, 15) is 9.59 Å². The zero-order valence-electron chi connectivity index (χ0n) is 13.3. The van der Waals surface area contributed by atoms with E-state index in [0.717, 1.165) is 19.3 Å². The van der Waals surface area contributed by atoms with Gasteiger partial charge in [-0.15, -0.1) is 5.10 Å². The van der Waals surface area contributed by atoms with E-state index in [2.05, 4.69) is 36.3 Å². The quantitative estimate of drug-likeness (QED) is 0.683. The lowest BCUT2D eigenvalue weighted by atomic mass is 10.1. The number of nitrogens with one attached hydrogen (secondary N) is 2. The lowest BCUT2D eigenvalue weighted by Gasteiger charge is -2.12. The highest BCUT2D eigenvalue weighted by atomic mass is 32.2. The zero-order chi connectivity index (χ0) is 15.8. The van der Waals surface area contributed by atoms with Crippen LogP contribution in [0.1, 0.15) is 47.0 Å². The van der Waals surface area contributed by atoms with Crippen molar-refractivity contribution in [2.45, 2.75) is 63.9 Å². The number of nitrogens with zero attached hydrogens (tertiary/aromatic N) is 2. The monoisotopic (exact) mass is 314 g/mol. The molecule has 0 fully saturated rings. The molecule has 2 N–H and O–H groups in total. The van der Waals surface area contributed by atoms with Crippen molar-refractivity contribution in [3.8, 4) is 0 Å². The van der Waals surface area contributed by atoms with Gasteiger partial charge in [0.25, 0.3) is 0 Å². The van der Waals surface area contributed by atoms with Crippen molar-refractivity contribution >= 4 is 17.7 Å². The van der Waals surface area contributed by atoms with Crippen LogP contribution in [0.5, 0.6) is 0 Å². The van der Waals surface area contributed by atoms with Gasteiger partial charge in [-0.2, -0.15) is 0 Å². The molecule has 1 amide bonds. The van der Waals surface area contributed by atoms with Crippen LogP contribution in [0, 0.1) is 5.92 Å². The van der Waals surface area contributed by atoms with Crippen molar-refractivity contribution in [2.75, 3.05) is 6.54 Å². The van der Waals surface area contributed by atoms with Crippen LogP contribution in [0.25, 0.3) is 0 Å². The van der Waals surface area contributed by atoms with E-state index in [-0.39, 0.29) is 16.8 Å². The average molecular weight is 314 g/mol. The summed E-state index contributed by atoms with van der Waals surface area (Å²) in [6.07, 6.45) is 2.89. The van der Waals surface area contributed by atoms with E-state index in [0.29, 0.717) is 24.2 Å². The van der Waals surface area contributed by atoms with Gasteiger partial charge in [-0.25, -0.2) is 9.89 Å². The normalized spacial score (nSPS) is 12.6. The predicted molar refractivity (Wildman–Crippen MR) is 85.5 cm³/mol. The number of unbranched alkanes of at least 4 members (excludes halogenated alkanes) is 1. The van der Waals surface area contributed by atoms with Gasteiger partial charge >= 0.3 is 5.69 Å². The maximum Gasteiger partial charge on any atom is 0.343 e. The van der Waals surface area contributed by atoms with Crippen LogP contribution in [0.4, 0.5) is 0 Å². The fraction of sp³-hybridized carbons (Fsp3) is 0.786. The third-order valence-corrected chi connectivity index (χ3v) is 4.22. The van der Waals surface area contributed by atoms with Crippen molar-refractivity contribution in [3.63, 3.8) is 0 Å². The van der Waals surface area contributed by atoms with Crippen LogP contribution >= 0.6 is 11.8 Å². The lowest BCUT2D eigenvalue weighted by Crippen LogP contribution is -2.32. The number of carbonyl (C=O) groups is 1. The number of thioether (sulfide) groups is 1. The molecule has 6 nitrogen and oxygen atoms in total. The highest BCUT2D eigenvalue weighted by molar-refractivity contribution is 8.00. The Morgan fingerprint density at radius 3 is 2.76 bits per heavy atom. The van der Waals surface area contributed by atoms with Gasteiger partial charge in [0.05, 0.1) is 5.25 Å². The number of rotatable bonds is 9. The van der Waals surface area contributed by atoms with Crippen LogP contribution in [0.2, 0.25) is 0 Å². The lowest BCUT2D eigenvalue weighted by molar-refractivity contribution is -0.120. The Morgan fingerprint density at radius 2 is 2.14 bits per heavy atom. The van der Waals surface area contributed by atoms with Crippen molar-refractivity contribution in [1.82, 2.24) is 20.1 Å². The second-order valence-corrected chi connectivity index (χ2v) is 6.86. The number of amides is 1. The highest BCUT2D eigenvalue weighted by Gasteiger charge is 2.18. The van der Waals surface area contributed by atoms with Crippen molar-refractivity contribution in [2.24, 2.45) is 5.92 Å². The summed E-state index contributed by atoms with van der Waals surface area (Å²) in [7, 11) is 0. The minimum Gasteiger partial charge on any atom is -0.355 e. The summed E-state index contributed by atoms with van der Waals surface area (Å²) < 4.78 is 1.60. The predicted octanol–water partition coefficient (Wildman–Crippen LogP) is 2.01. The van der Waals surface area contributed by atoms with Crippen LogP contribution in [0.15, 0.2) is 9.95 Å². The number of hydrogen-bond acceptors (Lipinski definition) is 4. The van der Waals surface area contributed by atoms with Crippen LogP contribution < -0.4 is 11.0 Å². The summed E-state index contributed by atoms with van der Waals surface area (Å²) in [4.78, 5) is 23.7. The Morgan fingerprint density at radius 1 is 1.43 bits per heavy atom. The molecule has 0 aliphatic heterocycles. The summed E-state index contributed by atoms with van der Waals surface area (Å²) in [5.74, 6) is 0.553. The molecule has 1 heterocycles. The number of carbonyl (C=O) groups excluding carboxylic acids is 1. The van der Waals surface area contributed by atoms with Gasteiger partial charge in [0, 0.05) is 13.1 Å². The van der Waals surface area contributed by atoms with Gasteiger partial charge < -0.3 is 5.32 Å². The molecule has 0 saturated carbocycles. The van der Waals surface area contributed by atoms with E-state index in [1.165, 1.54) is 11.8 Å². The molecule has 0 aliphatic carbocycles. The molecule has 0 radical (unpaired) electrons. The van der Waals surface area contributed by atoms with Crippen LogP contribution in [-0.2, 0) is 11.3 Å². The second-order valence-electron chi connectivity index (χ2n) is 5.55. The van der Waals surface area contributed by atoms with E-state index in [4.69, 9.17) is 0 Å². The summed E-state index contributed by atoms with van der Waals surface area (Å²) in [6.45, 7) is 9.48. The largest absolute Gasteiger partial charge is 0.355 e. The molecule has 7 heteroatoms. The molecule has 1 aromatic heterocycles. The van der Waals surface area contributed by atoms with Crippen molar-refractivity contribution in [3.05, 3.63) is 10.5 Å². The molecule has 0 aromatic carbocycles. The summed E-state index contributed by atoms with van der Waals surface area (Å²) in [6, 6.07) is 0. The Kier molecular flexibility index (Phi) is 7.56. The average Bonchev–Trinajstić information content (AvgIpc) is 2.76. The topological polar surface area (TPSA) is 79.8 Å². The third-order valence-electron chi connectivity index (χ3n) is 3.13. The first-order chi connectivity index (χ1) is 9.95. The molecule has 1 rings (SSSR count). The fourth-order valence-corrected chi connectivity index (χ4v) is 2.65. The van der Waals surface area contributed by atoms with Crippen molar-refractivity contribution < 1.29 is 4.79 Å². The summed E-state index contributed by atoms with van der Waals surface area (Å²) >= 11 is 1.32. The van der Waals surface area contributed by atoms with Crippen LogP contribution in [-0.4, -0.2) is 32.5 Å². The highest BCUT2D eigenvalue weighted by Crippen LogP contribution is 2.20. The molecule has 0 spiro atoms. The maximum absolute atomic E-state index is 12.0. The maximum atomic E-state index is 12.0. The molecule has 21 heavy (non-hydrogen) atoms. The zero-order valence-corrected chi connectivity index (χ0v) is 14.1. The molecule has 1 aromatic rings. The molecule has 1 atom stereocenters. The summed E-state index contributed by atoms with van der Waals surface area (Å²) in [5, 5.41) is 9.69. The molecule has 0 bridgehead atoms. The van der Waals surface area contributed by atoms with Gasteiger partial charge in [0.15, 0.2) is 5.16 Å². The van der Waals surface area contributed by atoms with E-state index < -0.39 is 0 Å². The molecule has 0 aliphatic rings. The first kappa shape index (κ1) is 17.8. The third kappa shape index (κ3) is 5.95. The minimum absolute atomic E-state index is 0.0156. The van der Waals surface area contributed by atoms with Gasteiger partial charge in [0.2, 0.25) is 5.91 Å². The van der Waals surface area contributed by atoms with Gasteiger partial charge in [-0.3, -0.25) is 9.36 Å². The standard InChI is InChI=1S/C14H26N4O2S/c1-5-6-9-18-13(20)16-17-14(18)21-11(4)12(19)15-8-7-10(2)3/h10-11H,5-9H2,1-4H3,(H,15,19)(H,16,20). The molecule has 1 unspecified atom stereocenters. The van der Waals surface area contributed by atoms with Crippen molar-refractivity contribution in [1.29, 1.82) is 0 Å². The number of aromatic nitrogens is 3. The first-order valence-electron chi connectivity index (χ1n) is 7.55. The molecular formula is C14H26N4O2S. The number of hydrogen-bond donors (Lipinski definition) is 2. The van der Waals surface area contributed by atoms with Crippen LogP contribution in [0.3, 0.4) is 0 Å². The molecular weight excluding hydrogens is 288 g/mol. The minimum atomic E-state index is -0.271. The summed E-state index contributed by atoms with van der Waals surface area (Å²) in [5.41, 5.74) is -0.210. The Labute approximate surface area is 130 Å². The first-order valence-corrected chi connectivity index (χ1v) is 8.43. The van der Waals surface area contributed by atoms with Gasteiger partial charge in [-0.05, 0) is 25.7 Å². The van der Waals surface area contributed by atoms with E-state index in [1.54, 1.807) is 4.57 Å². The smallest absolute Gasteiger partial charge is 0.343 e. The molecule has 120 valence electrons. The SMILES string of the molecule is CCCCn1c(SC(C)C(=O)NCCC(C)C)n[nH]c1=O. The van der Waals surface area contributed by atoms with E-state index in [1.807, 2.05) is 6.92 Å². The Bertz CT molecular complexity index is 495. The molecule has 0 saturated heterocycles. The second kappa shape index (κ2) is 8.92. The fourth-order valence-electron chi connectivity index (χ4n) is 1.75.